The first-order chi connectivity index (χ1) is 12.9. The lowest BCUT2D eigenvalue weighted by molar-refractivity contribution is 0.0600. The lowest BCUT2D eigenvalue weighted by Gasteiger charge is -2.31. The van der Waals surface area contributed by atoms with Gasteiger partial charge in [0.1, 0.15) is 6.10 Å². The molecule has 2 aromatic rings. The maximum absolute atomic E-state index is 12.9. The van der Waals surface area contributed by atoms with E-state index in [1.807, 2.05) is 0 Å². The van der Waals surface area contributed by atoms with E-state index in [0.717, 1.165) is 12.4 Å². The van der Waals surface area contributed by atoms with Gasteiger partial charge in [-0.2, -0.15) is 4.31 Å². The van der Waals surface area contributed by atoms with Gasteiger partial charge in [-0.25, -0.2) is 27.6 Å². The Balaban J connectivity index is 1.72. The molecule has 0 saturated carbocycles. The third-order valence-corrected chi connectivity index (χ3v) is 6.00. The van der Waals surface area contributed by atoms with Gasteiger partial charge in [-0.15, -0.1) is 0 Å². The first-order valence-corrected chi connectivity index (χ1v) is 9.67. The molecule has 0 N–H and O–H groups in total. The van der Waals surface area contributed by atoms with E-state index in [0.29, 0.717) is 19.4 Å². The second-order valence-electron chi connectivity index (χ2n) is 5.94. The minimum atomic E-state index is -3.74. The van der Waals surface area contributed by atoms with Crippen LogP contribution in [-0.4, -0.2) is 55.0 Å². The Morgan fingerprint density at radius 2 is 1.89 bits per heavy atom. The summed E-state index contributed by atoms with van der Waals surface area (Å²) in [6.45, 7) is 0.479. The highest BCUT2D eigenvalue weighted by Crippen LogP contribution is 2.23. The molecule has 144 valence electrons. The fraction of sp³-hybridized carbons (Fsp3) is 0.353. The van der Waals surface area contributed by atoms with Crippen LogP contribution in [0.25, 0.3) is 0 Å². The molecular weight excluding hydrogens is 377 g/mol. The molecule has 2 heterocycles. The topological polar surface area (TPSA) is 98.7 Å². The van der Waals surface area contributed by atoms with E-state index in [1.54, 1.807) is 0 Å². The third-order valence-electron chi connectivity index (χ3n) is 4.12. The predicted molar refractivity (Wildman–Crippen MR) is 92.2 cm³/mol. The van der Waals surface area contributed by atoms with Crippen LogP contribution in [0.3, 0.4) is 0 Å². The first-order valence-electron chi connectivity index (χ1n) is 8.23. The van der Waals surface area contributed by atoms with Crippen molar-refractivity contribution in [3.05, 3.63) is 48.0 Å². The number of methoxy groups -OCH3 is 1. The van der Waals surface area contributed by atoms with E-state index in [2.05, 4.69) is 14.7 Å². The van der Waals surface area contributed by atoms with Crippen molar-refractivity contribution in [2.45, 2.75) is 23.8 Å². The van der Waals surface area contributed by atoms with Crippen LogP contribution in [-0.2, 0) is 14.8 Å². The number of piperidine rings is 1. The molecule has 10 heteroatoms. The molecule has 0 amide bonds. The quantitative estimate of drug-likeness (QED) is 0.710. The molecule has 27 heavy (non-hydrogen) atoms. The number of esters is 1. The fourth-order valence-corrected chi connectivity index (χ4v) is 4.27. The van der Waals surface area contributed by atoms with E-state index in [1.165, 1.54) is 35.7 Å². The third kappa shape index (κ3) is 4.40. The molecule has 0 aliphatic carbocycles. The van der Waals surface area contributed by atoms with Crippen LogP contribution in [0.5, 0.6) is 6.01 Å². The summed E-state index contributed by atoms with van der Waals surface area (Å²) in [5, 5.41) is 0. The number of benzene rings is 1. The lowest BCUT2D eigenvalue weighted by atomic mass is 10.1. The van der Waals surface area contributed by atoms with E-state index in [-0.39, 0.29) is 23.0 Å². The molecule has 1 aliphatic heterocycles. The van der Waals surface area contributed by atoms with Crippen molar-refractivity contribution in [2.75, 3.05) is 20.2 Å². The summed E-state index contributed by atoms with van der Waals surface area (Å²) >= 11 is 0. The smallest absolute Gasteiger partial charge is 0.337 e. The Kier molecular flexibility index (Phi) is 5.66. The number of carbonyl (C=O) groups is 1. The summed E-state index contributed by atoms with van der Waals surface area (Å²) in [5.74, 6) is -1.12. The molecule has 1 aromatic carbocycles. The molecule has 0 spiro atoms. The van der Waals surface area contributed by atoms with Crippen molar-refractivity contribution >= 4 is 16.0 Å². The molecule has 0 bridgehead atoms. The average molecular weight is 395 g/mol. The van der Waals surface area contributed by atoms with Gasteiger partial charge in [0.2, 0.25) is 10.0 Å². The SMILES string of the molecule is COC(=O)c1ccc(S(=O)(=O)N2CCCC(Oc3ncc(F)cn3)C2)cc1. The van der Waals surface area contributed by atoms with Gasteiger partial charge in [-0.1, -0.05) is 0 Å². The summed E-state index contributed by atoms with van der Waals surface area (Å²) in [6.07, 6.45) is 2.78. The van der Waals surface area contributed by atoms with E-state index >= 15 is 0 Å². The Hall–Kier alpha value is -2.59. The summed E-state index contributed by atoms with van der Waals surface area (Å²) in [6, 6.07) is 5.55. The van der Waals surface area contributed by atoms with Crippen LogP contribution < -0.4 is 4.74 Å². The number of ether oxygens (including phenoxy) is 2. The zero-order valence-electron chi connectivity index (χ0n) is 14.5. The monoisotopic (exact) mass is 395 g/mol. The predicted octanol–water partition coefficient (Wildman–Crippen LogP) is 1.63. The molecule has 1 aliphatic rings. The summed E-state index contributed by atoms with van der Waals surface area (Å²) < 4.78 is 50.1. The molecule has 3 rings (SSSR count). The second kappa shape index (κ2) is 7.97. The molecule has 1 atom stereocenters. The number of sulfonamides is 1. The minimum Gasteiger partial charge on any atom is -0.465 e. The van der Waals surface area contributed by atoms with Gasteiger partial charge in [0.05, 0.1) is 36.5 Å². The van der Waals surface area contributed by atoms with Gasteiger partial charge in [-0.05, 0) is 37.1 Å². The van der Waals surface area contributed by atoms with Crippen LogP contribution in [0.1, 0.15) is 23.2 Å². The van der Waals surface area contributed by atoms with Crippen molar-refractivity contribution in [3.8, 4) is 6.01 Å². The summed E-state index contributed by atoms with van der Waals surface area (Å²) in [5.41, 5.74) is 0.268. The van der Waals surface area contributed by atoms with Gasteiger partial charge in [0.15, 0.2) is 5.82 Å². The van der Waals surface area contributed by atoms with Crippen molar-refractivity contribution in [3.63, 3.8) is 0 Å². The fourth-order valence-electron chi connectivity index (χ4n) is 2.76. The Labute approximate surface area is 156 Å². The van der Waals surface area contributed by atoms with Gasteiger partial charge in [-0.3, -0.25) is 0 Å². The number of hydrogen-bond donors (Lipinski definition) is 0. The molecular formula is C17H18FN3O5S. The van der Waals surface area contributed by atoms with Crippen LogP contribution in [0.4, 0.5) is 4.39 Å². The molecule has 0 radical (unpaired) electrons. The number of nitrogens with zero attached hydrogens (tertiary/aromatic N) is 3. The molecule has 1 fully saturated rings. The van der Waals surface area contributed by atoms with Crippen molar-refractivity contribution in [1.29, 1.82) is 0 Å². The Bertz CT molecular complexity index is 903. The maximum atomic E-state index is 12.9. The van der Waals surface area contributed by atoms with E-state index < -0.39 is 27.9 Å². The zero-order valence-corrected chi connectivity index (χ0v) is 15.4. The number of rotatable bonds is 5. The zero-order chi connectivity index (χ0) is 19.4. The highest BCUT2D eigenvalue weighted by Gasteiger charge is 2.31. The summed E-state index contributed by atoms with van der Waals surface area (Å²) in [4.78, 5) is 19.0. The molecule has 1 saturated heterocycles. The Morgan fingerprint density at radius 1 is 1.22 bits per heavy atom. The summed E-state index contributed by atoms with van der Waals surface area (Å²) in [7, 11) is -2.49. The van der Waals surface area contributed by atoms with Crippen molar-refractivity contribution < 1.29 is 27.1 Å². The van der Waals surface area contributed by atoms with E-state index in [9.17, 15) is 17.6 Å². The highest BCUT2D eigenvalue weighted by atomic mass is 32.2. The van der Waals surface area contributed by atoms with Crippen molar-refractivity contribution in [2.24, 2.45) is 0 Å². The van der Waals surface area contributed by atoms with Crippen LogP contribution in [0.15, 0.2) is 41.6 Å². The van der Waals surface area contributed by atoms with Crippen LogP contribution >= 0.6 is 0 Å². The number of aromatic nitrogens is 2. The first kappa shape index (κ1) is 19.2. The number of hydrogen-bond acceptors (Lipinski definition) is 7. The maximum Gasteiger partial charge on any atom is 0.337 e. The van der Waals surface area contributed by atoms with Gasteiger partial charge >= 0.3 is 12.0 Å². The lowest BCUT2D eigenvalue weighted by Crippen LogP contribution is -2.44. The van der Waals surface area contributed by atoms with Gasteiger partial charge in [0, 0.05) is 6.54 Å². The molecule has 8 nitrogen and oxygen atoms in total. The molecule has 1 unspecified atom stereocenters. The van der Waals surface area contributed by atoms with Gasteiger partial charge < -0.3 is 9.47 Å². The number of halogens is 1. The average Bonchev–Trinajstić information content (AvgIpc) is 2.69. The second-order valence-corrected chi connectivity index (χ2v) is 7.88. The Morgan fingerprint density at radius 3 is 2.52 bits per heavy atom. The van der Waals surface area contributed by atoms with Crippen LogP contribution in [0.2, 0.25) is 0 Å². The highest BCUT2D eigenvalue weighted by molar-refractivity contribution is 7.89. The molecule has 1 aromatic heterocycles. The standard InChI is InChI=1S/C17H18FN3O5S/c1-25-16(22)12-4-6-15(7-5-12)27(23,24)21-8-2-3-14(11-21)26-17-19-9-13(18)10-20-17/h4-7,9-10,14H,2-3,8,11H2,1H3. The van der Waals surface area contributed by atoms with Crippen molar-refractivity contribution in [1.82, 2.24) is 14.3 Å². The number of carbonyl (C=O) groups excluding carboxylic acids is 1. The minimum absolute atomic E-state index is 0.00285. The van der Waals surface area contributed by atoms with Crippen LogP contribution in [0, 0.1) is 5.82 Å². The normalized spacial score (nSPS) is 18.1. The van der Waals surface area contributed by atoms with E-state index in [4.69, 9.17) is 4.74 Å². The largest absolute Gasteiger partial charge is 0.465 e. The van der Waals surface area contributed by atoms with Gasteiger partial charge in [0.25, 0.3) is 0 Å².